The van der Waals surface area contributed by atoms with Crippen LogP contribution in [0.4, 0.5) is 16.2 Å². The third kappa shape index (κ3) is 5.39. The first-order valence-electron chi connectivity index (χ1n) is 9.96. The van der Waals surface area contributed by atoms with Crippen molar-refractivity contribution in [3.63, 3.8) is 0 Å². The molecular formula is C24H19N3O4S2. The molecule has 1 saturated heterocycles. The highest BCUT2D eigenvalue weighted by atomic mass is 32.2. The molecule has 0 unspecified atom stereocenters. The minimum atomic E-state index is -0.578. The maximum Gasteiger partial charge on any atom is 0.294 e. The van der Waals surface area contributed by atoms with Crippen molar-refractivity contribution in [3.8, 4) is 0 Å². The van der Waals surface area contributed by atoms with Crippen LogP contribution in [0.1, 0.15) is 20.8 Å². The van der Waals surface area contributed by atoms with Gasteiger partial charge in [-0.05, 0) is 66.0 Å². The Bertz CT molecular complexity index is 1270. The first kappa shape index (κ1) is 22.5. The molecule has 0 aliphatic carbocycles. The van der Waals surface area contributed by atoms with E-state index >= 15 is 0 Å². The van der Waals surface area contributed by atoms with Gasteiger partial charge in [0.05, 0.1) is 16.2 Å². The lowest BCUT2D eigenvalue weighted by molar-refractivity contribution is -0.127. The number of hydrogen-bond donors (Lipinski definition) is 2. The van der Waals surface area contributed by atoms with Gasteiger partial charge in [0.1, 0.15) is 6.54 Å². The lowest BCUT2D eigenvalue weighted by atomic mass is 10.1. The van der Waals surface area contributed by atoms with Crippen LogP contribution in [0.3, 0.4) is 0 Å². The van der Waals surface area contributed by atoms with Crippen LogP contribution in [0.2, 0.25) is 0 Å². The van der Waals surface area contributed by atoms with Crippen LogP contribution in [0.5, 0.6) is 0 Å². The number of nitrogens with zero attached hydrogens (tertiary/aromatic N) is 1. The van der Waals surface area contributed by atoms with Crippen molar-refractivity contribution >= 4 is 63.5 Å². The van der Waals surface area contributed by atoms with Gasteiger partial charge in [-0.25, -0.2) is 0 Å². The smallest absolute Gasteiger partial charge is 0.294 e. The summed E-state index contributed by atoms with van der Waals surface area (Å²) in [4.78, 5) is 52.4. The second-order valence-electron chi connectivity index (χ2n) is 7.20. The van der Waals surface area contributed by atoms with Crippen LogP contribution in [-0.4, -0.2) is 34.4 Å². The van der Waals surface area contributed by atoms with Crippen LogP contribution < -0.4 is 10.6 Å². The molecule has 166 valence electrons. The third-order valence-corrected chi connectivity index (χ3v) is 6.44. The molecule has 7 nitrogen and oxygen atoms in total. The standard InChI is InChI=1S/C24H19N3O4S2/c1-15-6-4-7-16(12-15)25-22(29)18-9-2-3-10-19(18)26-21(28)14-27-23(30)20(33-24(27)31)13-17-8-5-11-32-17/h2-13H,14H2,1H3,(H,25,29)(H,26,28)/b20-13-. The molecule has 4 rings (SSSR count). The second-order valence-corrected chi connectivity index (χ2v) is 9.17. The number of para-hydroxylation sites is 1. The van der Waals surface area contributed by atoms with Crippen LogP contribution in [0.25, 0.3) is 6.08 Å². The van der Waals surface area contributed by atoms with Gasteiger partial charge in [0.2, 0.25) is 5.91 Å². The molecule has 33 heavy (non-hydrogen) atoms. The number of anilines is 2. The number of imide groups is 1. The zero-order valence-electron chi connectivity index (χ0n) is 17.5. The fourth-order valence-electron chi connectivity index (χ4n) is 3.18. The number of carbonyl (C=O) groups is 4. The summed E-state index contributed by atoms with van der Waals surface area (Å²) >= 11 is 2.25. The number of thioether (sulfide) groups is 1. The maximum atomic E-state index is 12.8. The van der Waals surface area contributed by atoms with Crippen molar-refractivity contribution in [2.24, 2.45) is 0 Å². The lowest BCUT2D eigenvalue weighted by Crippen LogP contribution is -2.36. The Morgan fingerprint density at radius 3 is 2.58 bits per heavy atom. The van der Waals surface area contributed by atoms with Crippen LogP contribution in [-0.2, 0) is 9.59 Å². The Hall–Kier alpha value is -3.69. The van der Waals surface area contributed by atoms with E-state index in [4.69, 9.17) is 0 Å². The van der Waals surface area contributed by atoms with Crippen molar-refractivity contribution in [3.05, 3.63) is 87.0 Å². The zero-order valence-corrected chi connectivity index (χ0v) is 19.2. The Morgan fingerprint density at radius 2 is 1.82 bits per heavy atom. The maximum absolute atomic E-state index is 12.8. The summed E-state index contributed by atoms with van der Waals surface area (Å²) < 4.78 is 0. The third-order valence-electron chi connectivity index (χ3n) is 4.71. The van der Waals surface area contributed by atoms with E-state index < -0.39 is 23.6 Å². The topological polar surface area (TPSA) is 95.6 Å². The average molecular weight is 478 g/mol. The number of carbonyl (C=O) groups excluding carboxylic acids is 4. The molecule has 1 aliphatic rings. The number of amides is 4. The minimum Gasteiger partial charge on any atom is -0.324 e. The highest BCUT2D eigenvalue weighted by Crippen LogP contribution is 2.32. The molecule has 1 fully saturated rings. The normalized spacial score (nSPS) is 14.6. The molecule has 0 atom stereocenters. The molecule has 2 aromatic carbocycles. The molecule has 1 aliphatic heterocycles. The van der Waals surface area contributed by atoms with Gasteiger partial charge in [-0.15, -0.1) is 11.3 Å². The molecule has 9 heteroatoms. The van der Waals surface area contributed by atoms with Gasteiger partial charge < -0.3 is 10.6 Å². The van der Waals surface area contributed by atoms with E-state index in [0.717, 1.165) is 27.1 Å². The molecular weight excluding hydrogens is 458 g/mol. The highest BCUT2D eigenvalue weighted by molar-refractivity contribution is 8.18. The predicted molar refractivity (Wildman–Crippen MR) is 131 cm³/mol. The van der Waals surface area contributed by atoms with E-state index in [-0.39, 0.29) is 22.1 Å². The molecule has 0 spiro atoms. The van der Waals surface area contributed by atoms with E-state index in [1.165, 1.54) is 11.3 Å². The van der Waals surface area contributed by atoms with E-state index in [1.807, 2.05) is 42.6 Å². The van der Waals surface area contributed by atoms with Crippen molar-refractivity contribution in [1.29, 1.82) is 0 Å². The molecule has 0 radical (unpaired) electrons. The Morgan fingerprint density at radius 1 is 1.00 bits per heavy atom. The van der Waals surface area contributed by atoms with Crippen molar-refractivity contribution in [2.45, 2.75) is 6.92 Å². The molecule has 2 heterocycles. The quantitative estimate of drug-likeness (QED) is 0.488. The van der Waals surface area contributed by atoms with Gasteiger partial charge >= 0.3 is 0 Å². The number of benzene rings is 2. The Balaban J connectivity index is 1.44. The summed E-state index contributed by atoms with van der Waals surface area (Å²) in [5, 5.41) is 6.81. The van der Waals surface area contributed by atoms with Crippen molar-refractivity contribution in [1.82, 2.24) is 4.90 Å². The zero-order chi connectivity index (χ0) is 23.4. The first-order valence-corrected chi connectivity index (χ1v) is 11.7. The fourth-order valence-corrected chi connectivity index (χ4v) is 4.74. The molecule has 2 N–H and O–H groups in total. The van der Waals surface area contributed by atoms with Gasteiger partial charge in [0.15, 0.2) is 0 Å². The van der Waals surface area contributed by atoms with E-state index in [0.29, 0.717) is 5.69 Å². The highest BCUT2D eigenvalue weighted by Gasteiger charge is 2.36. The molecule has 3 aromatic rings. The predicted octanol–water partition coefficient (Wildman–Crippen LogP) is 4.98. The number of nitrogens with one attached hydrogen (secondary N) is 2. The van der Waals surface area contributed by atoms with Gasteiger partial charge in [-0.1, -0.05) is 30.3 Å². The summed E-state index contributed by atoms with van der Waals surface area (Å²) in [5.41, 5.74) is 2.18. The van der Waals surface area contributed by atoms with Gasteiger partial charge in [-0.3, -0.25) is 24.1 Å². The van der Waals surface area contributed by atoms with Crippen LogP contribution >= 0.6 is 23.1 Å². The van der Waals surface area contributed by atoms with E-state index in [2.05, 4.69) is 10.6 Å². The van der Waals surface area contributed by atoms with Crippen molar-refractivity contribution < 1.29 is 19.2 Å². The fraction of sp³-hybridized carbons (Fsp3) is 0.0833. The molecule has 4 amide bonds. The van der Waals surface area contributed by atoms with Gasteiger partial charge in [0, 0.05) is 10.6 Å². The summed E-state index contributed by atoms with van der Waals surface area (Å²) in [6.45, 7) is 1.48. The monoisotopic (exact) mass is 477 g/mol. The largest absolute Gasteiger partial charge is 0.324 e. The van der Waals surface area contributed by atoms with Crippen LogP contribution in [0.15, 0.2) is 70.9 Å². The number of rotatable bonds is 6. The summed E-state index contributed by atoms with van der Waals surface area (Å²) in [7, 11) is 0. The van der Waals surface area contributed by atoms with E-state index in [1.54, 1.807) is 36.4 Å². The van der Waals surface area contributed by atoms with Crippen LogP contribution in [0, 0.1) is 6.92 Å². The molecule has 0 bridgehead atoms. The SMILES string of the molecule is Cc1cccc(NC(=O)c2ccccc2NC(=O)CN2C(=O)S/C(=C\c3cccs3)C2=O)c1. The summed E-state index contributed by atoms with van der Waals surface area (Å²) in [6.07, 6.45) is 1.64. The Kier molecular flexibility index (Phi) is 6.71. The molecule has 0 saturated carbocycles. The minimum absolute atomic E-state index is 0.263. The lowest BCUT2D eigenvalue weighted by Gasteiger charge is -2.14. The number of thiophene rings is 1. The Labute approximate surface area is 198 Å². The van der Waals surface area contributed by atoms with E-state index in [9.17, 15) is 19.2 Å². The van der Waals surface area contributed by atoms with Crippen molar-refractivity contribution in [2.75, 3.05) is 17.2 Å². The van der Waals surface area contributed by atoms with Gasteiger partial charge in [-0.2, -0.15) is 0 Å². The first-order chi connectivity index (χ1) is 15.9. The number of hydrogen-bond acceptors (Lipinski definition) is 6. The average Bonchev–Trinajstić information content (AvgIpc) is 3.38. The molecule has 1 aromatic heterocycles. The van der Waals surface area contributed by atoms with Gasteiger partial charge in [0.25, 0.3) is 17.1 Å². The summed E-state index contributed by atoms with van der Waals surface area (Å²) in [5.74, 6) is -1.48. The second kappa shape index (κ2) is 9.85. The number of aryl methyl sites for hydroxylation is 1. The summed E-state index contributed by atoms with van der Waals surface area (Å²) in [6, 6.07) is 17.6.